The highest BCUT2D eigenvalue weighted by atomic mass is 16.5. The van der Waals surface area contributed by atoms with Gasteiger partial charge in [0, 0.05) is 19.4 Å². The van der Waals surface area contributed by atoms with Crippen molar-refractivity contribution in [3.63, 3.8) is 0 Å². The van der Waals surface area contributed by atoms with Crippen LogP contribution in [0.2, 0.25) is 0 Å². The van der Waals surface area contributed by atoms with Gasteiger partial charge in [-0.2, -0.15) is 0 Å². The lowest BCUT2D eigenvalue weighted by molar-refractivity contribution is -0.145. The molecule has 0 saturated carbocycles. The van der Waals surface area contributed by atoms with E-state index in [-0.39, 0.29) is 17.7 Å². The van der Waals surface area contributed by atoms with E-state index >= 15 is 0 Å². The minimum absolute atomic E-state index is 0.0280. The van der Waals surface area contributed by atoms with Gasteiger partial charge < -0.3 is 20.7 Å². The third-order valence-electron chi connectivity index (χ3n) is 7.17. The van der Waals surface area contributed by atoms with Crippen molar-refractivity contribution >= 4 is 23.7 Å². The SMILES string of the molecule is CCCCCCCCCC(=O)NCCC[C@H](NC(=O)CCCCCCCCC)C(=O)N[C@@H](CC(C)C)C(=O)OC. The van der Waals surface area contributed by atoms with Gasteiger partial charge in [0.1, 0.15) is 12.1 Å². The first-order chi connectivity index (χ1) is 19.2. The Hall–Kier alpha value is -2.12. The smallest absolute Gasteiger partial charge is 0.328 e. The first kappa shape index (κ1) is 37.9. The molecule has 0 fully saturated rings. The molecule has 0 heterocycles. The van der Waals surface area contributed by atoms with Gasteiger partial charge in [-0.1, -0.05) is 105 Å². The molecular weight excluding hydrogens is 506 g/mol. The van der Waals surface area contributed by atoms with E-state index in [9.17, 15) is 19.2 Å². The van der Waals surface area contributed by atoms with Crippen LogP contribution in [0, 0.1) is 5.92 Å². The van der Waals surface area contributed by atoms with Gasteiger partial charge in [-0.15, -0.1) is 0 Å². The molecule has 234 valence electrons. The van der Waals surface area contributed by atoms with E-state index in [0.717, 1.165) is 32.1 Å². The quantitative estimate of drug-likeness (QED) is 0.0832. The van der Waals surface area contributed by atoms with Crippen molar-refractivity contribution in [1.82, 2.24) is 16.0 Å². The number of amides is 3. The molecule has 8 heteroatoms. The highest BCUT2D eigenvalue weighted by molar-refractivity contribution is 5.90. The Morgan fingerprint density at radius 1 is 0.625 bits per heavy atom. The van der Waals surface area contributed by atoms with Crippen LogP contribution in [0.5, 0.6) is 0 Å². The monoisotopic (exact) mass is 567 g/mol. The minimum Gasteiger partial charge on any atom is -0.467 e. The van der Waals surface area contributed by atoms with E-state index in [1.54, 1.807) is 0 Å². The molecule has 0 aromatic carbocycles. The van der Waals surface area contributed by atoms with Crippen LogP contribution >= 0.6 is 0 Å². The summed E-state index contributed by atoms with van der Waals surface area (Å²) in [4.78, 5) is 50.3. The molecule has 2 atom stereocenters. The van der Waals surface area contributed by atoms with Gasteiger partial charge in [-0.3, -0.25) is 14.4 Å². The summed E-state index contributed by atoms with van der Waals surface area (Å²) in [5.41, 5.74) is 0. The van der Waals surface area contributed by atoms with Crippen molar-refractivity contribution in [2.24, 2.45) is 5.92 Å². The fraction of sp³-hybridized carbons (Fsp3) is 0.875. The Balaban J connectivity index is 4.72. The van der Waals surface area contributed by atoms with Crippen LogP contribution in [0.25, 0.3) is 0 Å². The van der Waals surface area contributed by atoms with Gasteiger partial charge in [-0.05, 0) is 38.0 Å². The zero-order valence-electron chi connectivity index (χ0n) is 26.4. The van der Waals surface area contributed by atoms with Crippen molar-refractivity contribution < 1.29 is 23.9 Å². The summed E-state index contributed by atoms with van der Waals surface area (Å²) in [5, 5.41) is 8.61. The molecule has 40 heavy (non-hydrogen) atoms. The number of carbonyl (C=O) groups excluding carboxylic acids is 4. The third-order valence-corrected chi connectivity index (χ3v) is 7.17. The molecular formula is C32H61N3O5. The third kappa shape index (κ3) is 21.7. The van der Waals surface area contributed by atoms with Crippen molar-refractivity contribution in [3.05, 3.63) is 0 Å². The van der Waals surface area contributed by atoms with Gasteiger partial charge in [-0.25, -0.2) is 4.79 Å². The van der Waals surface area contributed by atoms with Crippen molar-refractivity contribution in [2.75, 3.05) is 13.7 Å². The second-order valence-corrected chi connectivity index (χ2v) is 11.6. The average molecular weight is 568 g/mol. The van der Waals surface area contributed by atoms with Crippen molar-refractivity contribution in [3.8, 4) is 0 Å². The van der Waals surface area contributed by atoms with Gasteiger partial charge >= 0.3 is 5.97 Å². The molecule has 0 aromatic rings. The molecule has 0 aliphatic carbocycles. The summed E-state index contributed by atoms with van der Waals surface area (Å²) >= 11 is 0. The van der Waals surface area contributed by atoms with E-state index in [1.165, 1.54) is 64.9 Å². The van der Waals surface area contributed by atoms with Crippen molar-refractivity contribution in [1.29, 1.82) is 0 Å². The summed E-state index contributed by atoms with van der Waals surface area (Å²) < 4.78 is 4.88. The molecule has 0 aromatic heterocycles. The Morgan fingerprint density at radius 3 is 1.62 bits per heavy atom. The number of unbranched alkanes of at least 4 members (excludes halogenated alkanes) is 12. The summed E-state index contributed by atoms with van der Waals surface area (Å²) in [6.45, 7) is 8.78. The minimum atomic E-state index is -0.767. The van der Waals surface area contributed by atoms with Crippen LogP contribution in [0.1, 0.15) is 150 Å². The zero-order chi connectivity index (χ0) is 30.0. The molecule has 3 N–H and O–H groups in total. The average Bonchev–Trinajstić information content (AvgIpc) is 2.92. The van der Waals surface area contributed by atoms with Crippen LogP contribution in [0.4, 0.5) is 0 Å². The Morgan fingerprint density at radius 2 is 1.12 bits per heavy atom. The van der Waals surface area contributed by atoms with Gasteiger partial charge in [0.25, 0.3) is 0 Å². The fourth-order valence-electron chi connectivity index (χ4n) is 4.74. The summed E-state index contributed by atoms with van der Waals surface area (Å²) in [5.74, 6) is -0.831. The summed E-state index contributed by atoms with van der Waals surface area (Å²) in [6.07, 6.45) is 18.2. The number of methoxy groups -OCH3 is 1. The van der Waals surface area contributed by atoms with Crippen LogP contribution in [0.15, 0.2) is 0 Å². The first-order valence-corrected chi connectivity index (χ1v) is 16.2. The molecule has 0 unspecified atom stereocenters. The Labute approximate surface area is 244 Å². The van der Waals surface area contributed by atoms with Crippen LogP contribution in [-0.4, -0.2) is 49.4 Å². The van der Waals surface area contributed by atoms with Crippen molar-refractivity contribution in [2.45, 2.75) is 162 Å². The van der Waals surface area contributed by atoms with E-state index in [2.05, 4.69) is 29.8 Å². The second-order valence-electron chi connectivity index (χ2n) is 11.6. The molecule has 0 rings (SSSR count). The predicted molar refractivity (Wildman–Crippen MR) is 163 cm³/mol. The predicted octanol–water partition coefficient (Wildman–Crippen LogP) is 6.35. The lowest BCUT2D eigenvalue weighted by atomic mass is 10.0. The molecule has 0 aliphatic rings. The summed E-state index contributed by atoms with van der Waals surface area (Å²) in [6, 6.07) is -1.53. The number of carbonyl (C=O) groups is 4. The second kappa shape index (κ2) is 25.8. The summed E-state index contributed by atoms with van der Waals surface area (Å²) in [7, 11) is 1.30. The number of hydrogen-bond donors (Lipinski definition) is 3. The first-order valence-electron chi connectivity index (χ1n) is 16.2. The number of ether oxygens (including phenoxy) is 1. The van der Waals surface area contributed by atoms with Gasteiger partial charge in [0.05, 0.1) is 7.11 Å². The lowest BCUT2D eigenvalue weighted by Gasteiger charge is -2.23. The Kier molecular flexibility index (Phi) is 24.5. The standard InChI is InChI=1S/C32H61N3O5/c1-6-8-10-12-14-16-18-22-29(36)33-24-20-21-27(31(38)35-28(25-26(3)4)32(39)40-5)34-30(37)23-19-17-15-13-11-9-7-2/h26-28H,6-25H2,1-5H3,(H,33,36)(H,34,37)(H,35,38)/t27-,28-/m0/s1. The number of nitrogens with one attached hydrogen (secondary N) is 3. The fourth-order valence-corrected chi connectivity index (χ4v) is 4.74. The molecule has 0 aliphatic heterocycles. The van der Waals surface area contributed by atoms with Crippen LogP contribution in [0.3, 0.4) is 0 Å². The number of hydrogen-bond acceptors (Lipinski definition) is 5. The maximum Gasteiger partial charge on any atom is 0.328 e. The normalized spacial score (nSPS) is 12.6. The molecule has 0 spiro atoms. The molecule has 3 amide bonds. The molecule has 0 bridgehead atoms. The van der Waals surface area contributed by atoms with E-state index in [0.29, 0.717) is 38.6 Å². The Bertz CT molecular complexity index is 683. The van der Waals surface area contributed by atoms with Gasteiger partial charge in [0.2, 0.25) is 17.7 Å². The number of esters is 1. The topological polar surface area (TPSA) is 114 Å². The van der Waals surface area contributed by atoms with E-state index in [4.69, 9.17) is 4.74 Å². The lowest BCUT2D eigenvalue weighted by Crippen LogP contribution is -2.52. The zero-order valence-corrected chi connectivity index (χ0v) is 26.4. The molecule has 0 radical (unpaired) electrons. The van der Waals surface area contributed by atoms with Crippen LogP contribution < -0.4 is 16.0 Å². The highest BCUT2D eigenvalue weighted by Crippen LogP contribution is 2.11. The molecule has 0 saturated heterocycles. The van der Waals surface area contributed by atoms with E-state index in [1.807, 2.05) is 13.8 Å². The highest BCUT2D eigenvalue weighted by Gasteiger charge is 2.27. The molecule has 8 nitrogen and oxygen atoms in total. The van der Waals surface area contributed by atoms with E-state index < -0.39 is 24.0 Å². The largest absolute Gasteiger partial charge is 0.467 e. The van der Waals surface area contributed by atoms with Gasteiger partial charge in [0.15, 0.2) is 0 Å². The maximum absolute atomic E-state index is 13.1. The maximum atomic E-state index is 13.1. The number of rotatable bonds is 26. The van der Waals surface area contributed by atoms with Crippen LogP contribution in [-0.2, 0) is 23.9 Å².